The molecular formula is C10H20N2O4. The van der Waals surface area contributed by atoms with Gasteiger partial charge in [0.05, 0.1) is 0 Å². The first-order valence-electron chi connectivity index (χ1n) is 5.18. The summed E-state index contributed by atoms with van der Waals surface area (Å²) in [7, 11) is 0. The number of hydrogen-bond donors (Lipinski definition) is 3. The molecule has 0 aromatic heterocycles. The van der Waals surface area contributed by atoms with Gasteiger partial charge in [-0.15, -0.1) is 0 Å². The lowest BCUT2D eigenvalue weighted by molar-refractivity contribution is 0.0915. The van der Waals surface area contributed by atoms with Gasteiger partial charge in [0.25, 0.3) is 0 Å². The van der Waals surface area contributed by atoms with E-state index in [1.807, 2.05) is 6.92 Å². The second-order valence-electron chi connectivity index (χ2n) is 4.62. The quantitative estimate of drug-likeness (QED) is 0.689. The first-order chi connectivity index (χ1) is 7.18. The lowest BCUT2D eigenvalue weighted by Crippen LogP contribution is -2.52. The van der Waals surface area contributed by atoms with Gasteiger partial charge in [0.2, 0.25) is 0 Å². The van der Waals surface area contributed by atoms with Crippen LogP contribution < -0.4 is 5.32 Å². The van der Waals surface area contributed by atoms with Crippen LogP contribution in [0.15, 0.2) is 0 Å². The molecule has 1 unspecified atom stereocenters. The summed E-state index contributed by atoms with van der Waals surface area (Å²) in [5.41, 5.74) is -0.542. The molecule has 16 heavy (non-hydrogen) atoms. The molecule has 6 heteroatoms. The number of nitrogens with one attached hydrogen (secondary N) is 1. The van der Waals surface area contributed by atoms with Crippen molar-refractivity contribution in [3.05, 3.63) is 0 Å². The van der Waals surface area contributed by atoms with E-state index in [9.17, 15) is 9.59 Å². The van der Waals surface area contributed by atoms with E-state index in [0.717, 1.165) is 0 Å². The van der Waals surface area contributed by atoms with Crippen molar-refractivity contribution in [1.82, 2.24) is 10.2 Å². The molecule has 0 heterocycles. The van der Waals surface area contributed by atoms with Crippen LogP contribution in [0.25, 0.3) is 0 Å². The van der Waals surface area contributed by atoms with Gasteiger partial charge in [-0.2, -0.15) is 0 Å². The van der Waals surface area contributed by atoms with Crippen LogP contribution in [0.5, 0.6) is 0 Å². The Hall–Kier alpha value is -1.46. The largest absolute Gasteiger partial charge is 0.465 e. The number of carbonyl (C=O) groups is 2. The molecule has 3 N–H and O–H groups in total. The Kier molecular flexibility index (Phi) is 5.07. The summed E-state index contributed by atoms with van der Waals surface area (Å²) >= 11 is 0. The summed E-state index contributed by atoms with van der Waals surface area (Å²) in [6.07, 6.45) is -1.63. The highest BCUT2D eigenvalue weighted by Gasteiger charge is 2.28. The Morgan fingerprint density at radius 1 is 1.31 bits per heavy atom. The third kappa shape index (κ3) is 4.86. The summed E-state index contributed by atoms with van der Waals surface area (Å²) in [4.78, 5) is 22.8. The molecule has 0 aliphatic rings. The molecule has 0 bridgehead atoms. The normalized spacial score (nSPS) is 13.0. The predicted molar refractivity (Wildman–Crippen MR) is 59.7 cm³/mol. The van der Waals surface area contributed by atoms with E-state index in [0.29, 0.717) is 6.42 Å². The van der Waals surface area contributed by atoms with Gasteiger partial charge in [0, 0.05) is 18.1 Å². The zero-order valence-corrected chi connectivity index (χ0v) is 10.1. The van der Waals surface area contributed by atoms with Crippen LogP contribution in [0.2, 0.25) is 0 Å². The van der Waals surface area contributed by atoms with Crippen LogP contribution in [0.1, 0.15) is 34.1 Å². The molecular weight excluding hydrogens is 212 g/mol. The molecule has 94 valence electrons. The van der Waals surface area contributed by atoms with Crippen molar-refractivity contribution in [3.8, 4) is 0 Å². The predicted octanol–water partition coefficient (Wildman–Crippen LogP) is 1.81. The Labute approximate surface area is 95.2 Å². The minimum Gasteiger partial charge on any atom is -0.465 e. The molecule has 0 aromatic carbocycles. The highest BCUT2D eigenvalue weighted by Crippen LogP contribution is 2.14. The Morgan fingerprint density at radius 2 is 1.81 bits per heavy atom. The van der Waals surface area contributed by atoms with Crippen LogP contribution in [0, 0.1) is 0 Å². The van der Waals surface area contributed by atoms with Crippen LogP contribution in [-0.4, -0.2) is 45.4 Å². The molecule has 0 spiro atoms. The third-order valence-electron chi connectivity index (χ3n) is 2.26. The van der Waals surface area contributed by atoms with E-state index < -0.39 is 17.7 Å². The molecule has 2 amide bonds. The molecule has 6 nitrogen and oxygen atoms in total. The van der Waals surface area contributed by atoms with Crippen LogP contribution in [0.4, 0.5) is 9.59 Å². The number of amides is 2. The smallest absolute Gasteiger partial charge is 0.407 e. The Bertz CT molecular complexity index is 260. The molecule has 0 saturated carbocycles. The maximum atomic E-state index is 11.0. The second-order valence-corrected chi connectivity index (χ2v) is 4.62. The van der Waals surface area contributed by atoms with E-state index in [2.05, 4.69) is 5.32 Å². The maximum Gasteiger partial charge on any atom is 0.407 e. The molecule has 0 saturated heterocycles. The minimum atomic E-state index is -1.13. The summed E-state index contributed by atoms with van der Waals surface area (Å²) in [5, 5.41) is 19.9. The van der Waals surface area contributed by atoms with Crippen LogP contribution >= 0.6 is 0 Å². The first-order valence-corrected chi connectivity index (χ1v) is 5.18. The van der Waals surface area contributed by atoms with Crippen molar-refractivity contribution in [3.63, 3.8) is 0 Å². The second kappa shape index (κ2) is 5.58. The fraction of sp³-hybridized carbons (Fsp3) is 0.800. The average molecular weight is 232 g/mol. The molecule has 0 aliphatic carbocycles. The van der Waals surface area contributed by atoms with E-state index in [1.165, 1.54) is 4.90 Å². The summed E-state index contributed by atoms with van der Waals surface area (Å²) < 4.78 is 0. The van der Waals surface area contributed by atoms with Crippen LogP contribution in [0.3, 0.4) is 0 Å². The van der Waals surface area contributed by atoms with Crippen molar-refractivity contribution >= 4 is 12.2 Å². The molecule has 0 aliphatic heterocycles. The monoisotopic (exact) mass is 232 g/mol. The Balaban J connectivity index is 4.60. The van der Waals surface area contributed by atoms with E-state index in [1.54, 1.807) is 20.8 Å². The molecule has 1 atom stereocenters. The SMILES string of the molecule is CCC(CN(C(=O)O)C(C)(C)C)NC(=O)O. The minimum absolute atomic E-state index is 0.154. The first kappa shape index (κ1) is 14.5. The Morgan fingerprint density at radius 3 is 2.06 bits per heavy atom. The van der Waals surface area contributed by atoms with Crippen molar-refractivity contribution in [1.29, 1.82) is 0 Å². The standard InChI is InChI=1S/C10H20N2O4/c1-5-7(11-8(13)14)6-12(9(15)16)10(2,3)4/h7,11H,5-6H2,1-4H3,(H,13,14)(H,15,16). The highest BCUT2D eigenvalue weighted by molar-refractivity contribution is 5.67. The third-order valence-corrected chi connectivity index (χ3v) is 2.26. The molecule has 0 aromatic rings. The number of hydrogen-bond acceptors (Lipinski definition) is 2. The zero-order chi connectivity index (χ0) is 12.9. The summed E-state index contributed by atoms with van der Waals surface area (Å²) in [6, 6.07) is -0.382. The van der Waals surface area contributed by atoms with E-state index in [-0.39, 0.29) is 12.6 Å². The van der Waals surface area contributed by atoms with Crippen molar-refractivity contribution in [2.24, 2.45) is 0 Å². The van der Waals surface area contributed by atoms with Gasteiger partial charge in [-0.3, -0.25) is 0 Å². The van der Waals surface area contributed by atoms with Crippen molar-refractivity contribution < 1.29 is 19.8 Å². The maximum absolute atomic E-state index is 11.0. The number of carboxylic acid groups (broad SMARTS) is 2. The lowest BCUT2D eigenvalue weighted by Gasteiger charge is -2.35. The number of rotatable bonds is 4. The van der Waals surface area contributed by atoms with Crippen molar-refractivity contribution in [2.45, 2.75) is 45.7 Å². The van der Waals surface area contributed by atoms with Gasteiger partial charge in [0.15, 0.2) is 0 Å². The zero-order valence-electron chi connectivity index (χ0n) is 10.1. The van der Waals surface area contributed by atoms with Gasteiger partial charge >= 0.3 is 12.2 Å². The molecule has 0 rings (SSSR count). The van der Waals surface area contributed by atoms with Gasteiger partial charge in [-0.25, -0.2) is 9.59 Å². The van der Waals surface area contributed by atoms with Crippen molar-refractivity contribution in [2.75, 3.05) is 6.54 Å². The fourth-order valence-corrected chi connectivity index (χ4v) is 1.31. The number of nitrogens with zero attached hydrogens (tertiary/aromatic N) is 1. The van der Waals surface area contributed by atoms with Gasteiger partial charge < -0.3 is 20.4 Å². The van der Waals surface area contributed by atoms with E-state index in [4.69, 9.17) is 10.2 Å². The van der Waals surface area contributed by atoms with Crippen LogP contribution in [-0.2, 0) is 0 Å². The average Bonchev–Trinajstić information content (AvgIpc) is 2.08. The van der Waals surface area contributed by atoms with Gasteiger partial charge in [-0.05, 0) is 27.2 Å². The van der Waals surface area contributed by atoms with Gasteiger partial charge in [0.1, 0.15) is 0 Å². The summed E-state index contributed by atoms with van der Waals surface area (Å²) in [6.45, 7) is 7.28. The van der Waals surface area contributed by atoms with Gasteiger partial charge in [-0.1, -0.05) is 6.92 Å². The summed E-state index contributed by atoms with van der Waals surface area (Å²) in [5.74, 6) is 0. The fourth-order valence-electron chi connectivity index (χ4n) is 1.31. The lowest BCUT2D eigenvalue weighted by atomic mass is 10.1. The highest BCUT2D eigenvalue weighted by atomic mass is 16.4. The topological polar surface area (TPSA) is 89.9 Å². The van der Waals surface area contributed by atoms with E-state index >= 15 is 0 Å². The molecule has 0 radical (unpaired) electrons. The molecule has 0 fully saturated rings.